The minimum absolute atomic E-state index is 0.125. The van der Waals surface area contributed by atoms with Crippen molar-refractivity contribution in [3.05, 3.63) is 35.9 Å². The molecule has 0 bridgehead atoms. The number of aliphatic hydroxyl groups is 1. The molecule has 1 aliphatic rings. The highest BCUT2D eigenvalue weighted by Crippen LogP contribution is 2.27. The first-order valence-electron chi connectivity index (χ1n) is 8.46. The molecule has 0 aromatic heterocycles. The molecular weight excluding hydrogens is 290 g/mol. The van der Waals surface area contributed by atoms with Gasteiger partial charge < -0.3 is 20.6 Å². The summed E-state index contributed by atoms with van der Waals surface area (Å²) < 4.78 is 0. The van der Waals surface area contributed by atoms with E-state index in [2.05, 4.69) is 27.7 Å². The van der Waals surface area contributed by atoms with E-state index in [1.165, 1.54) is 12.0 Å². The Bertz CT molecular complexity index is 484. The molecule has 1 aromatic rings. The molecule has 2 rings (SSSR count). The van der Waals surface area contributed by atoms with Gasteiger partial charge >= 0.3 is 6.03 Å². The maximum atomic E-state index is 12.0. The van der Waals surface area contributed by atoms with Crippen LogP contribution in [0.2, 0.25) is 0 Å². The quantitative estimate of drug-likeness (QED) is 0.754. The van der Waals surface area contributed by atoms with Crippen molar-refractivity contribution in [2.75, 3.05) is 27.2 Å². The summed E-state index contributed by atoms with van der Waals surface area (Å²) in [5, 5.41) is 16.1. The van der Waals surface area contributed by atoms with Crippen molar-refractivity contribution >= 4 is 6.03 Å². The highest BCUT2D eigenvalue weighted by molar-refractivity contribution is 5.74. The molecular formula is C18H29N3O2. The van der Waals surface area contributed by atoms with Crippen molar-refractivity contribution in [2.24, 2.45) is 0 Å². The molecule has 23 heavy (non-hydrogen) atoms. The smallest absolute Gasteiger partial charge is 0.314 e. The zero-order chi connectivity index (χ0) is 16.7. The van der Waals surface area contributed by atoms with Gasteiger partial charge in [-0.05, 0) is 32.5 Å². The molecule has 1 fully saturated rings. The van der Waals surface area contributed by atoms with E-state index >= 15 is 0 Å². The third-order valence-corrected chi connectivity index (χ3v) is 4.63. The normalized spacial score (nSPS) is 18.4. The first-order valence-corrected chi connectivity index (χ1v) is 8.46. The van der Waals surface area contributed by atoms with Crippen molar-refractivity contribution in [1.29, 1.82) is 0 Å². The lowest BCUT2D eigenvalue weighted by Crippen LogP contribution is -2.48. The Morgan fingerprint density at radius 3 is 2.43 bits per heavy atom. The zero-order valence-electron chi connectivity index (χ0n) is 14.2. The molecule has 3 N–H and O–H groups in total. The Morgan fingerprint density at radius 1 is 1.17 bits per heavy atom. The van der Waals surface area contributed by atoms with E-state index < -0.39 is 5.60 Å². The number of hydrogen-bond acceptors (Lipinski definition) is 3. The maximum absolute atomic E-state index is 12.0. The number of nitrogens with one attached hydrogen (secondary N) is 2. The lowest BCUT2D eigenvalue weighted by atomic mass is 9.85. The van der Waals surface area contributed by atoms with E-state index in [4.69, 9.17) is 0 Å². The van der Waals surface area contributed by atoms with Crippen molar-refractivity contribution in [3.8, 4) is 0 Å². The van der Waals surface area contributed by atoms with Crippen LogP contribution in [-0.4, -0.2) is 48.8 Å². The average Bonchev–Trinajstić information content (AvgIpc) is 2.55. The van der Waals surface area contributed by atoms with Crippen molar-refractivity contribution in [2.45, 2.75) is 43.7 Å². The number of benzene rings is 1. The Morgan fingerprint density at radius 2 is 1.83 bits per heavy atom. The minimum atomic E-state index is -0.726. The second-order valence-electron chi connectivity index (χ2n) is 6.74. The van der Waals surface area contributed by atoms with Gasteiger partial charge in [-0.2, -0.15) is 0 Å². The summed E-state index contributed by atoms with van der Waals surface area (Å²) in [7, 11) is 4.00. The first-order chi connectivity index (χ1) is 11.0. The Hall–Kier alpha value is -1.59. The van der Waals surface area contributed by atoms with Gasteiger partial charge in [-0.3, -0.25) is 0 Å². The number of hydrogen-bond donors (Lipinski definition) is 3. The van der Waals surface area contributed by atoms with Crippen LogP contribution in [-0.2, 0) is 0 Å². The number of likely N-dealkylation sites (N-methyl/N-ethyl adjacent to an activating group) is 1. The second-order valence-corrected chi connectivity index (χ2v) is 6.74. The summed E-state index contributed by atoms with van der Waals surface area (Å²) in [6.45, 7) is 0.859. The minimum Gasteiger partial charge on any atom is -0.388 e. The number of carbonyl (C=O) groups is 1. The summed E-state index contributed by atoms with van der Waals surface area (Å²) in [4.78, 5) is 14.1. The molecule has 1 aliphatic carbocycles. The molecule has 0 aliphatic heterocycles. The van der Waals surface area contributed by atoms with E-state index in [9.17, 15) is 9.90 Å². The lowest BCUT2D eigenvalue weighted by molar-refractivity contribution is 0.00717. The number of rotatable bonds is 6. The van der Waals surface area contributed by atoms with Gasteiger partial charge in [0.05, 0.1) is 11.6 Å². The predicted molar refractivity (Wildman–Crippen MR) is 92.3 cm³/mol. The van der Waals surface area contributed by atoms with Crippen molar-refractivity contribution in [3.63, 3.8) is 0 Å². The van der Waals surface area contributed by atoms with Crippen LogP contribution in [0.4, 0.5) is 4.79 Å². The molecule has 1 saturated carbocycles. The van der Waals surface area contributed by atoms with Crippen LogP contribution in [0, 0.1) is 0 Å². The largest absolute Gasteiger partial charge is 0.388 e. The van der Waals surface area contributed by atoms with Crippen LogP contribution in [0.3, 0.4) is 0 Å². The standard InChI is InChI=1S/C18H29N3O2/c1-21(2)16(15-9-5-3-6-10-15)13-19-17(22)20-14-18(23)11-7-4-8-12-18/h3,5-6,9-10,16,23H,4,7-8,11-14H2,1-2H3,(H2,19,20,22). The van der Waals surface area contributed by atoms with E-state index in [-0.39, 0.29) is 12.1 Å². The molecule has 128 valence electrons. The fraction of sp³-hybridized carbons (Fsp3) is 0.611. The highest BCUT2D eigenvalue weighted by atomic mass is 16.3. The third kappa shape index (κ3) is 5.52. The number of nitrogens with zero attached hydrogens (tertiary/aromatic N) is 1. The summed E-state index contributed by atoms with van der Waals surface area (Å²) in [6.07, 6.45) is 4.80. The summed E-state index contributed by atoms with van der Waals surface area (Å²) in [5.41, 5.74) is 0.444. The molecule has 5 heteroatoms. The van der Waals surface area contributed by atoms with Gasteiger partial charge in [0, 0.05) is 13.1 Å². The SMILES string of the molecule is CN(C)C(CNC(=O)NCC1(O)CCCCC1)c1ccccc1. The van der Waals surface area contributed by atoms with Gasteiger partial charge in [0.2, 0.25) is 0 Å². The van der Waals surface area contributed by atoms with Crippen LogP contribution >= 0.6 is 0 Å². The van der Waals surface area contributed by atoms with Crippen LogP contribution in [0.5, 0.6) is 0 Å². The number of carbonyl (C=O) groups excluding carboxylic acids is 1. The van der Waals surface area contributed by atoms with Gasteiger partial charge in [-0.1, -0.05) is 49.6 Å². The number of amides is 2. The monoisotopic (exact) mass is 319 g/mol. The molecule has 1 atom stereocenters. The Labute approximate surface area is 139 Å². The molecule has 1 unspecified atom stereocenters. The zero-order valence-corrected chi connectivity index (χ0v) is 14.2. The van der Waals surface area contributed by atoms with E-state index in [0.29, 0.717) is 13.1 Å². The molecule has 0 saturated heterocycles. The van der Waals surface area contributed by atoms with Gasteiger partial charge in [0.1, 0.15) is 0 Å². The highest BCUT2D eigenvalue weighted by Gasteiger charge is 2.29. The number of urea groups is 1. The van der Waals surface area contributed by atoms with Crippen LogP contribution in [0.1, 0.15) is 43.7 Å². The summed E-state index contributed by atoms with van der Waals surface area (Å²) in [6, 6.07) is 10.0. The van der Waals surface area contributed by atoms with Gasteiger partial charge in [0.15, 0.2) is 0 Å². The van der Waals surface area contributed by atoms with Crippen LogP contribution in [0.15, 0.2) is 30.3 Å². The van der Waals surface area contributed by atoms with E-state index in [1.807, 2.05) is 32.3 Å². The predicted octanol–water partition coefficient (Wildman–Crippen LogP) is 2.28. The van der Waals surface area contributed by atoms with Gasteiger partial charge in [0.25, 0.3) is 0 Å². The lowest BCUT2D eigenvalue weighted by Gasteiger charge is -2.32. The van der Waals surface area contributed by atoms with Gasteiger partial charge in [-0.15, -0.1) is 0 Å². The Kier molecular flexibility index (Phi) is 6.42. The molecule has 0 heterocycles. The van der Waals surface area contributed by atoms with Crippen molar-refractivity contribution in [1.82, 2.24) is 15.5 Å². The van der Waals surface area contributed by atoms with Crippen LogP contribution in [0.25, 0.3) is 0 Å². The van der Waals surface area contributed by atoms with Gasteiger partial charge in [-0.25, -0.2) is 4.79 Å². The van der Waals surface area contributed by atoms with E-state index in [0.717, 1.165) is 25.7 Å². The van der Waals surface area contributed by atoms with Crippen LogP contribution < -0.4 is 10.6 Å². The first kappa shape index (κ1) is 17.8. The fourth-order valence-corrected chi connectivity index (χ4v) is 3.16. The third-order valence-electron chi connectivity index (χ3n) is 4.63. The topological polar surface area (TPSA) is 64.6 Å². The molecule has 1 aromatic carbocycles. The molecule has 2 amide bonds. The maximum Gasteiger partial charge on any atom is 0.314 e. The van der Waals surface area contributed by atoms with Crippen molar-refractivity contribution < 1.29 is 9.90 Å². The Balaban J connectivity index is 1.80. The molecule has 0 spiro atoms. The average molecular weight is 319 g/mol. The summed E-state index contributed by atoms with van der Waals surface area (Å²) >= 11 is 0. The molecule has 5 nitrogen and oxygen atoms in total. The summed E-state index contributed by atoms with van der Waals surface area (Å²) in [5.74, 6) is 0. The molecule has 0 radical (unpaired) electrons. The fourth-order valence-electron chi connectivity index (χ4n) is 3.16. The van der Waals surface area contributed by atoms with E-state index in [1.54, 1.807) is 0 Å². The second kappa shape index (κ2) is 8.31.